The third kappa shape index (κ3) is 22.6. The monoisotopic (exact) mass is 1250 g/mol. The van der Waals surface area contributed by atoms with E-state index in [1.54, 1.807) is 45.3 Å². The summed E-state index contributed by atoms with van der Waals surface area (Å²) in [6.45, 7) is 32.0. The summed E-state index contributed by atoms with van der Waals surface area (Å²) in [4.78, 5) is 3.31. The Morgan fingerprint density at radius 1 is 0.250 bits per heavy atom. The van der Waals surface area contributed by atoms with Crippen molar-refractivity contribution in [2.24, 2.45) is 22.9 Å². The van der Waals surface area contributed by atoms with Gasteiger partial charge in [0.1, 0.15) is 23.3 Å². The second-order valence-electron chi connectivity index (χ2n) is 16.5. The summed E-state index contributed by atoms with van der Waals surface area (Å²) in [6.07, 6.45) is 0. The average Bonchev–Trinajstić information content (AvgIpc) is 4.39. The first-order valence-electron chi connectivity index (χ1n) is 30.7. The van der Waals surface area contributed by atoms with Crippen LogP contribution in [0.25, 0.3) is 84.9 Å². The molecule has 0 aliphatic carbocycles. The Morgan fingerprint density at radius 2 is 0.602 bits per heavy atom. The molecule has 0 aliphatic rings. The minimum atomic E-state index is 0.134. The number of hydrogen-bond donors (Lipinski definition) is 8. The maximum absolute atomic E-state index is 7.53. The van der Waals surface area contributed by atoms with Crippen LogP contribution in [-0.2, 0) is 0 Å². The van der Waals surface area contributed by atoms with E-state index in [-0.39, 0.29) is 23.3 Å². The highest BCUT2D eigenvalue weighted by Crippen LogP contribution is 2.37. The molecule has 0 bridgehead atoms. The zero-order chi connectivity index (χ0) is 66.1. The summed E-state index contributed by atoms with van der Waals surface area (Å²) < 4.78 is 4.69. The van der Waals surface area contributed by atoms with Gasteiger partial charge in [-0.05, 0) is 109 Å². The molecule has 12 aromatic rings. The van der Waals surface area contributed by atoms with Crippen LogP contribution in [0.1, 0.15) is 130 Å². The highest BCUT2D eigenvalue weighted by Gasteiger charge is 2.12. The minimum Gasteiger partial charge on any atom is -0.383 e. The summed E-state index contributed by atoms with van der Waals surface area (Å²) in [6, 6.07) is 74.2. The molecule has 8 nitrogen and oxygen atoms in total. The topological polar surface area (TPSA) is 199 Å². The number of benzene rings is 8. The van der Waals surface area contributed by atoms with E-state index in [1.165, 1.54) is 68.7 Å². The van der Waals surface area contributed by atoms with Gasteiger partial charge in [-0.25, -0.2) is 0 Å². The van der Waals surface area contributed by atoms with E-state index in [2.05, 4.69) is 109 Å². The highest BCUT2D eigenvalue weighted by molar-refractivity contribution is 7.22. The zero-order valence-electron chi connectivity index (χ0n) is 54.7. The van der Waals surface area contributed by atoms with Crippen molar-refractivity contribution in [1.82, 2.24) is 0 Å². The first-order chi connectivity index (χ1) is 43.0. The second kappa shape index (κ2) is 44.0. The molecule has 0 saturated carbocycles. The van der Waals surface area contributed by atoms with Crippen LogP contribution in [0.2, 0.25) is 0 Å². The van der Waals surface area contributed by atoms with Crippen molar-refractivity contribution < 1.29 is 0 Å². The Bertz CT molecular complexity index is 3620. The molecule has 12 heteroatoms. The lowest BCUT2D eigenvalue weighted by atomic mass is 10.0. The molecule has 0 atom stereocenters. The fourth-order valence-electron chi connectivity index (χ4n) is 8.06. The van der Waals surface area contributed by atoms with Crippen molar-refractivity contribution in [2.75, 3.05) is 0 Å². The lowest BCUT2D eigenvalue weighted by Crippen LogP contribution is -2.08. The van der Waals surface area contributed by atoms with Crippen LogP contribution in [0.3, 0.4) is 0 Å². The Morgan fingerprint density at radius 3 is 1.08 bits per heavy atom. The molecule has 0 aliphatic heterocycles. The van der Waals surface area contributed by atoms with E-state index in [9.17, 15) is 0 Å². The predicted molar refractivity (Wildman–Crippen MR) is 404 cm³/mol. The average molecular weight is 1250 g/mol. The third-order valence-corrected chi connectivity index (χ3v) is 16.2. The van der Waals surface area contributed by atoms with Gasteiger partial charge in [-0.2, -0.15) is 0 Å². The van der Waals surface area contributed by atoms with Gasteiger partial charge in [-0.3, -0.25) is 21.6 Å². The third-order valence-electron chi connectivity index (χ3n) is 11.6. The van der Waals surface area contributed by atoms with Gasteiger partial charge in [-0.1, -0.05) is 281 Å². The molecule has 0 amide bonds. The van der Waals surface area contributed by atoms with Crippen molar-refractivity contribution in [1.29, 1.82) is 21.6 Å². The van der Waals surface area contributed by atoms with Crippen molar-refractivity contribution in [3.63, 3.8) is 0 Å². The number of nitrogen functional groups attached to an aromatic ring is 4. The van der Waals surface area contributed by atoms with Crippen LogP contribution in [0.15, 0.2) is 218 Å². The smallest absolute Gasteiger partial charge is 0.133 e. The molecule has 464 valence electrons. The molecule has 0 saturated heterocycles. The van der Waals surface area contributed by atoms with E-state index in [0.29, 0.717) is 0 Å². The number of thiophene rings is 4. The van der Waals surface area contributed by atoms with Gasteiger partial charge < -0.3 is 22.9 Å². The molecule has 0 radical (unpaired) electrons. The second-order valence-corrected chi connectivity index (χ2v) is 20.8. The van der Waals surface area contributed by atoms with E-state index >= 15 is 0 Å². The van der Waals surface area contributed by atoms with Gasteiger partial charge in [0.05, 0.1) is 19.5 Å². The summed E-state index contributed by atoms with van der Waals surface area (Å²) in [5, 5.41) is 34.6. The lowest BCUT2D eigenvalue weighted by molar-refractivity contribution is 1.45. The Kier molecular flexibility index (Phi) is 38.7. The van der Waals surface area contributed by atoms with Crippen molar-refractivity contribution in [3.8, 4) is 44.5 Å². The number of rotatable bonds is 8. The van der Waals surface area contributed by atoms with E-state index in [1.807, 2.05) is 220 Å². The number of fused-ring (bicyclic) bond motifs is 4. The first-order valence-corrected chi connectivity index (χ1v) is 34.0. The zero-order valence-corrected chi connectivity index (χ0v) is 58.0. The van der Waals surface area contributed by atoms with E-state index in [4.69, 9.17) is 44.6 Å². The van der Waals surface area contributed by atoms with Crippen molar-refractivity contribution in [3.05, 3.63) is 238 Å². The normalized spacial score (nSPS) is 9.27. The van der Waals surface area contributed by atoms with E-state index in [0.717, 1.165) is 35.7 Å². The molecule has 12 N–H and O–H groups in total. The molecule has 0 spiro atoms. The van der Waals surface area contributed by atoms with Crippen LogP contribution in [0, 0.1) is 21.6 Å². The molecule has 88 heavy (non-hydrogen) atoms. The largest absolute Gasteiger partial charge is 0.383 e. The van der Waals surface area contributed by atoms with E-state index < -0.39 is 0 Å². The molecule has 4 heterocycles. The summed E-state index contributed by atoms with van der Waals surface area (Å²) in [7, 11) is 0. The fraction of sp³-hybridized carbons (Fsp3) is 0.211. The van der Waals surface area contributed by atoms with Gasteiger partial charge in [0.15, 0.2) is 0 Å². The van der Waals surface area contributed by atoms with Crippen LogP contribution >= 0.6 is 45.3 Å². The number of amidine groups is 4. The maximum atomic E-state index is 7.53. The summed E-state index contributed by atoms with van der Waals surface area (Å²) >= 11 is 6.27. The molecule has 12 rings (SSSR count). The SMILES string of the molecule is CC.CC.CC.CC.CC.CC.CC.CC.N=C(N)c1cc2c(-c3ccccc3)cccc2s1.N=C(N)c1cc2cc(-c3ccccc3)ccc2s1.N=C(N)c1cc2ccc(-c3ccccc3)cc2s1.N=C(N)c1cc2cccc(-c3ccccc3)c2s1. The van der Waals surface area contributed by atoms with Crippen LogP contribution < -0.4 is 22.9 Å². The van der Waals surface area contributed by atoms with Crippen molar-refractivity contribution in [2.45, 2.75) is 111 Å². The molecule has 0 unspecified atom stereocenters. The van der Waals surface area contributed by atoms with Crippen LogP contribution in [0.4, 0.5) is 0 Å². The lowest BCUT2D eigenvalue weighted by Gasteiger charge is -2.02. The standard InChI is InChI=1S/4C15H12N2S.8C2H6/c16-15(17)14-9-12-11(7-4-8-13(12)18-14)10-5-2-1-3-6-10;16-15(17)13-9-11-7-4-8-12(14(11)18-13)10-5-2-1-3-6-10;16-15(17)14-9-12-8-11(6-7-13(12)18-14)10-4-2-1-3-5-10;16-15(17)14-9-12-7-6-11(8-13(12)18-14)10-4-2-1-3-5-10;8*1-2/h4*1-9H,(H3,16,17);8*1-2H3. The molecular formula is C76H96N8S4. The van der Waals surface area contributed by atoms with Crippen molar-refractivity contribution >= 4 is 109 Å². The van der Waals surface area contributed by atoms with Crippen LogP contribution in [-0.4, -0.2) is 23.3 Å². The van der Waals surface area contributed by atoms with Gasteiger partial charge >= 0.3 is 0 Å². The molecule has 0 fully saturated rings. The van der Waals surface area contributed by atoms with Gasteiger partial charge in [0.2, 0.25) is 0 Å². The quantitative estimate of drug-likeness (QED) is 0.0553. The molecular weight excluding hydrogens is 1150 g/mol. The number of nitrogens with one attached hydrogen (secondary N) is 4. The van der Waals surface area contributed by atoms with Gasteiger partial charge in [-0.15, -0.1) is 45.3 Å². The first kappa shape index (κ1) is 77.5. The Balaban J connectivity index is 0.000000544. The Labute approximate surface area is 543 Å². The summed E-state index contributed by atoms with van der Waals surface area (Å²) in [5.41, 5.74) is 31.7. The number of hydrogen-bond acceptors (Lipinski definition) is 8. The summed E-state index contributed by atoms with van der Waals surface area (Å²) in [5.74, 6) is 0.542. The molecule has 8 aromatic carbocycles. The minimum absolute atomic E-state index is 0.134. The maximum Gasteiger partial charge on any atom is 0.133 e. The number of nitrogens with two attached hydrogens (primary N) is 4. The molecule has 4 aromatic heterocycles. The highest BCUT2D eigenvalue weighted by atomic mass is 32.1. The van der Waals surface area contributed by atoms with Crippen LogP contribution in [0.5, 0.6) is 0 Å². The van der Waals surface area contributed by atoms with Gasteiger partial charge in [0, 0.05) is 24.2 Å². The predicted octanol–water partition coefficient (Wildman–Crippen LogP) is 23.6. The Hall–Kier alpha value is -8.52. The van der Waals surface area contributed by atoms with Gasteiger partial charge in [0.25, 0.3) is 0 Å². The fourth-order valence-corrected chi connectivity index (χ4v) is 11.9.